The normalized spacial score (nSPS) is 28.9. The van der Waals surface area contributed by atoms with Crippen molar-refractivity contribution >= 4 is 5.91 Å². The zero-order valence-corrected chi connectivity index (χ0v) is 11.7. The first-order valence-corrected chi connectivity index (χ1v) is 7.51. The SMILES string of the molecule is NC[C@H]1CC[C@@H](C(=O)NC2CCCc3ccccc32)O1. The maximum absolute atomic E-state index is 12.3. The Balaban J connectivity index is 1.65. The van der Waals surface area contributed by atoms with Gasteiger partial charge in [-0.3, -0.25) is 4.79 Å². The van der Waals surface area contributed by atoms with Crippen LogP contribution in [0.1, 0.15) is 42.9 Å². The summed E-state index contributed by atoms with van der Waals surface area (Å²) in [5, 5.41) is 3.16. The van der Waals surface area contributed by atoms with Gasteiger partial charge in [-0.25, -0.2) is 0 Å². The molecule has 0 spiro atoms. The minimum Gasteiger partial charge on any atom is -0.364 e. The van der Waals surface area contributed by atoms with E-state index in [-0.39, 0.29) is 24.2 Å². The maximum Gasteiger partial charge on any atom is 0.249 e. The Morgan fingerprint density at radius 3 is 2.95 bits per heavy atom. The summed E-state index contributed by atoms with van der Waals surface area (Å²) in [5.74, 6) is 0.0163. The number of rotatable bonds is 3. The molecule has 3 atom stereocenters. The van der Waals surface area contributed by atoms with E-state index in [4.69, 9.17) is 10.5 Å². The molecule has 1 aliphatic heterocycles. The third-order valence-corrected chi connectivity index (χ3v) is 4.35. The van der Waals surface area contributed by atoms with E-state index in [9.17, 15) is 4.79 Å². The molecule has 1 amide bonds. The lowest BCUT2D eigenvalue weighted by atomic mass is 9.87. The van der Waals surface area contributed by atoms with Crippen molar-refractivity contribution in [2.45, 2.75) is 50.4 Å². The van der Waals surface area contributed by atoms with Crippen LogP contribution in [0.4, 0.5) is 0 Å². The lowest BCUT2D eigenvalue weighted by Crippen LogP contribution is -2.38. The molecule has 2 aliphatic rings. The smallest absolute Gasteiger partial charge is 0.249 e. The molecule has 1 unspecified atom stereocenters. The first kappa shape index (κ1) is 13.6. The number of hydrogen-bond donors (Lipinski definition) is 2. The van der Waals surface area contributed by atoms with Crippen molar-refractivity contribution in [2.75, 3.05) is 6.54 Å². The first-order chi connectivity index (χ1) is 9.78. The highest BCUT2D eigenvalue weighted by atomic mass is 16.5. The number of carbonyl (C=O) groups is 1. The summed E-state index contributed by atoms with van der Waals surface area (Å²) in [6, 6.07) is 8.52. The molecule has 1 aliphatic carbocycles. The minimum atomic E-state index is -0.322. The molecule has 20 heavy (non-hydrogen) atoms. The molecule has 108 valence electrons. The van der Waals surface area contributed by atoms with Crippen LogP contribution in [0.25, 0.3) is 0 Å². The molecule has 1 aromatic rings. The monoisotopic (exact) mass is 274 g/mol. The molecule has 1 fully saturated rings. The van der Waals surface area contributed by atoms with Crippen LogP contribution in [0.15, 0.2) is 24.3 Å². The molecule has 0 aromatic heterocycles. The van der Waals surface area contributed by atoms with Gasteiger partial charge in [0.2, 0.25) is 5.91 Å². The van der Waals surface area contributed by atoms with Crippen molar-refractivity contribution in [3.63, 3.8) is 0 Å². The molecule has 0 radical (unpaired) electrons. The van der Waals surface area contributed by atoms with Crippen LogP contribution in [0, 0.1) is 0 Å². The van der Waals surface area contributed by atoms with Gasteiger partial charge < -0.3 is 15.8 Å². The zero-order chi connectivity index (χ0) is 13.9. The van der Waals surface area contributed by atoms with Crippen LogP contribution >= 0.6 is 0 Å². The molecular weight excluding hydrogens is 252 g/mol. The molecular formula is C16H22N2O2. The molecule has 3 rings (SSSR count). The van der Waals surface area contributed by atoms with Crippen molar-refractivity contribution in [1.29, 1.82) is 0 Å². The van der Waals surface area contributed by atoms with E-state index in [2.05, 4.69) is 23.5 Å². The molecule has 4 nitrogen and oxygen atoms in total. The third-order valence-electron chi connectivity index (χ3n) is 4.35. The Labute approximate surface area is 119 Å². The van der Waals surface area contributed by atoms with Gasteiger partial charge in [-0.1, -0.05) is 24.3 Å². The lowest BCUT2D eigenvalue weighted by molar-refractivity contribution is -0.132. The topological polar surface area (TPSA) is 64.4 Å². The maximum atomic E-state index is 12.3. The van der Waals surface area contributed by atoms with Gasteiger partial charge in [0.15, 0.2) is 0 Å². The van der Waals surface area contributed by atoms with Gasteiger partial charge in [0.1, 0.15) is 6.10 Å². The van der Waals surface area contributed by atoms with E-state index in [1.165, 1.54) is 11.1 Å². The first-order valence-electron chi connectivity index (χ1n) is 7.51. The summed E-state index contributed by atoms with van der Waals surface area (Å²) in [7, 11) is 0. The average Bonchev–Trinajstić information content (AvgIpc) is 2.97. The number of benzene rings is 1. The van der Waals surface area contributed by atoms with Gasteiger partial charge in [-0.2, -0.15) is 0 Å². The number of aryl methyl sites for hydroxylation is 1. The molecule has 0 saturated carbocycles. The van der Waals surface area contributed by atoms with Crippen LogP contribution in [0.5, 0.6) is 0 Å². The lowest BCUT2D eigenvalue weighted by Gasteiger charge is -2.27. The number of fused-ring (bicyclic) bond motifs is 1. The van der Waals surface area contributed by atoms with Crippen molar-refractivity contribution < 1.29 is 9.53 Å². The highest BCUT2D eigenvalue weighted by Crippen LogP contribution is 2.30. The van der Waals surface area contributed by atoms with E-state index >= 15 is 0 Å². The Morgan fingerprint density at radius 1 is 1.30 bits per heavy atom. The standard InChI is InChI=1S/C16H22N2O2/c17-10-12-8-9-15(20-12)16(19)18-14-7-3-5-11-4-1-2-6-13(11)14/h1-2,4,6,12,14-15H,3,5,7-10,17H2,(H,18,19)/t12-,14?,15+/m1/s1. The van der Waals surface area contributed by atoms with Gasteiger partial charge in [-0.15, -0.1) is 0 Å². The van der Waals surface area contributed by atoms with E-state index < -0.39 is 0 Å². The van der Waals surface area contributed by atoms with E-state index in [1.54, 1.807) is 0 Å². The summed E-state index contributed by atoms with van der Waals surface area (Å²) in [5.41, 5.74) is 8.21. The van der Waals surface area contributed by atoms with Crippen molar-refractivity contribution in [3.05, 3.63) is 35.4 Å². The van der Waals surface area contributed by atoms with Crippen molar-refractivity contribution in [3.8, 4) is 0 Å². The zero-order valence-electron chi connectivity index (χ0n) is 11.7. The molecule has 1 saturated heterocycles. The summed E-state index contributed by atoms with van der Waals surface area (Å²) in [6.45, 7) is 0.496. The highest BCUT2D eigenvalue weighted by molar-refractivity contribution is 5.81. The molecule has 4 heteroatoms. The third kappa shape index (κ3) is 2.72. The minimum absolute atomic E-state index is 0.0163. The molecule has 3 N–H and O–H groups in total. The predicted molar refractivity (Wildman–Crippen MR) is 77.2 cm³/mol. The van der Waals surface area contributed by atoms with Gasteiger partial charge >= 0.3 is 0 Å². The number of hydrogen-bond acceptors (Lipinski definition) is 3. The van der Waals surface area contributed by atoms with E-state index in [0.29, 0.717) is 6.54 Å². The largest absolute Gasteiger partial charge is 0.364 e. The Morgan fingerprint density at radius 2 is 2.15 bits per heavy atom. The molecule has 1 heterocycles. The number of nitrogens with one attached hydrogen (secondary N) is 1. The van der Waals surface area contributed by atoms with Gasteiger partial charge in [0.25, 0.3) is 0 Å². The van der Waals surface area contributed by atoms with Crippen LogP contribution in [0.2, 0.25) is 0 Å². The number of ether oxygens (including phenoxy) is 1. The summed E-state index contributed by atoms with van der Waals surface area (Å²) in [4.78, 5) is 12.3. The Kier molecular flexibility index (Phi) is 4.03. The summed E-state index contributed by atoms with van der Waals surface area (Å²) < 4.78 is 5.66. The van der Waals surface area contributed by atoms with Gasteiger partial charge in [-0.05, 0) is 43.2 Å². The summed E-state index contributed by atoms with van der Waals surface area (Å²) in [6.07, 6.45) is 4.63. The highest BCUT2D eigenvalue weighted by Gasteiger charge is 2.32. The summed E-state index contributed by atoms with van der Waals surface area (Å²) >= 11 is 0. The predicted octanol–water partition coefficient (Wildman–Crippen LogP) is 1.69. The second kappa shape index (κ2) is 5.94. The number of carbonyl (C=O) groups excluding carboxylic acids is 1. The van der Waals surface area contributed by atoms with Crippen LogP contribution in [0.3, 0.4) is 0 Å². The van der Waals surface area contributed by atoms with Crippen LogP contribution < -0.4 is 11.1 Å². The Hall–Kier alpha value is -1.39. The fourth-order valence-corrected chi connectivity index (χ4v) is 3.24. The average molecular weight is 274 g/mol. The van der Waals surface area contributed by atoms with Gasteiger partial charge in [0, 0.05) is 6.54 Å². The molecule has 0 bridgehead atoms. The fourth-order valence-electron chi connectivity index (χ4n) is 3.24. The van der Waals surface area contributed by atoms with E-state index in [0.717, 1.165) is 32.1 Å². The van der Waals surface area contributed by atoms with Crippen LogP contribution in [-0.2, 0) is 16.0 Å². The fraction of sp³-hybridized carbons (Fsp3) is 0.562. The molecule has 1 aromatic carbocycles. The van der Waals surface area contributed by atoms with Gasteiger partial charge in [0.05, 0.1) is 12.1 Å². The second-order valence-corrected chi connectivity index (χ2v) is 5.71. The van der Waals surface area contributed by atoms with Crippen molar-refractivity contribution in [1.82, 2.24) is 5.32 Å². The Bertz CT molecular complexity index is 489. The van der Waals surface area contributed by atoms with Crippen molar-refractivity contribution in [2.24, 2.45) is 5.73 Å². The van der Waals surface area contributed by atoms with E-state index in [1.807, 2.05) is 6.07 Å². The van der Waals surface area contributed by atoms with Crippen LogP contribution in [-0.4, -0.2) is 24.7 Å². The number of amides is 1. The second-order valence-electron chi connectivity index (χ2n) is 5.71. The number of nitrogens with two attached hydrogens (primary N) is 1. The quantitative estimate of drug-likeness (QED) is 0.881.